The first-order valence-corrected chi connectivity index (χ1v) is 3.83. The Kier molecular flexibility index (Phi) is 2.42. The fraction of sp³-hybridized carbons (Fsp3) is 0.300. The molecule has 0 aliphatic carbocycles. The molecule has 0 atom stereocenters. The van der Waals surface area contributed by atoms with Gasteiger partial charge in [-0.05, 0) is 19.9 Å². The van der Waals surface area contributed by atoms with Crippen molar-refractivity contribution in [3.05, 3.63) is 36.2 Å². The van der Waals surface area contributed by atoms with E-state index in [0.29, 0.717) is 0 Å². The van der Waals surface area contributed by atoms with Crippen LogP contribution in [0.3, 0.4) is 0 Å². The van der Waals surface area contributed by atoms with E-state index in [-0.39, 0.29) is 0 Å². The minimum absolute atomic E-state index is 1.27. The van der Waals surface area contributed by atoms with Crippen LogP contribution in [0.5, 0.6) is 0 Å². The zero-order valence-corrected chi connectivity index (χ0v) is 7.33. The van der Waals surface area contributed by atoms with Gasteiger partial charge < -0.3 is 0 Å². The highest BCUT2D eigenvalue weighted by Gasteiger charge is 2.04. The number of aryl methyl sites for hydroxylation is 1. The second kappa shape index (κ2) is 3.33. The molecule has 0 saturated carbocycles. The molecular weight excluding hydrogens is 134 g/mol. The molecule has 58 valence electrons. The number of rotatable bonds is 1. The number of nitrogens with zero attached hydrogens (tertiary/aromatic N) is 1. The first kappa shape index (κ1) is 7.99. The van der Waals surface area contributed by atoms with Crippen LogP contribution in [-0.2, 0) is 7.05 Å². The van der Waals surface area contributed by atoms with Crippen molar-refractivity contribution in [2.75, 3.05) is 0 Å². The summed E-state index contributed by atoms with van der Waals surface area (Å²) in [5, 5.41) is 0. The minimum Gasteiger partial charge on any atom is -0.201 e. The van der Waals surface area contributed by atoms with Crippen LogP contribution in [0.15, 0.2) is 30.5 Å². The van der Waals surface area contributed by atoms with E-state index >= 15 is 0 Å². The second-order valence-electron chi connectivity index (χ2n) is 2.67. The molecule has 0 N–H and O–H groups in total. The van der Waals surface area contributed by atoms with Crippen molar-refractivity contribution in [2.45, 2.75) is 13.8 Å². The highest BCUT2D eigenvalue weighted by Crippen LogP contribution is 2.06. The quantitative estimate of drug-likeness (QED) is 0.536. The number of pyridine rings is 1. The lowest BCUT2D eigenvalue weighted by molar-refractivity contribution is -0.673. The van der Waals surface area contributed by atoms with E-state index < -0.39 is 0 Å². The van der Waals surface area contributed by atoms with Gasteiger partial charge in [0, 0.05) is 17.7 Å². The predicted molar refractivity (Wildman–Crippen MR) is 46.9 cm³/mol. The smallest absolute Gasteiger partial charge is 0.201 e. The fourth-order valence-electron chi connectivity index (χ4n) is 1.08. The summed E-state index contributed by atoms with van der Waals surface area (Å²) in [7, 11) is 2.06. The molecule has 0 aliphatic heterocycles. The van der Waals surface area contributed by atoms with E-state index in [1.807, 2.05) is 6.07 Å². The molecule has 0 unspecified atom stereocenters. The van der Waals surface area contributed by atoms with Crippen LogP contribution in [0.25, 0.3) is 5.57 Å². The summed E-state index contributed by atoms with van der Waals surface area (Å²) in [6, 6.07) is 6.21. The monoisotopic (exact) mass is 148 g/mol. The van der Waals surface area contributed by atoms with Crippen molar-refractivity contribution < 1.29 is 4.57 Å². The van der Waals surface area contributed by atoms with Gasteiger partial charge in [-0.2, -0.15) is 0 Å². The molecule has 0 bridgehead atoms. The zero-order valence-electron chi connectivity index (χ0n) is 7.33. The highest BCUT2D eigenvalue weighted by atomic mass is 14.9. The van der Waals surface area contributed by atoms with Crippen LogP contribution in [0.2, 0.25) is 0 Å². The molecule has 0 aromatic carbocycles. The number of hydrogen-bond donors (Lipinski definition) is 0. The highest BCUT2D eigenvalue weighted by molar-refractivity contribution is 5.57. The van der Waals surface area contributed by atoms with Gasteiger partial charge in [0.2, 0.25) is 5.69 Å². The summed E-state index contributed by atoms with van der Waals surface area (Å²) in [5.41, 5.74) is 2.59. The van der Waals surface area contributed by atoms with Gasteiger partial charge in [-0.25, -0.2) is 4.57 Å². The van der Waals surface area contributed by atoms with E-state index in [9.17, 15) is 0 Å². The van der Waals surface area contributed by atoms with Gasteiger partial charge in [0.1, 0.15) is 7.05 Å². The number of allylic oxidation sites excluding steroid dienone is 2. The molecule has 0 radical (unpaired) electrons. The standard InChI is InChI=1S/C10H14N/c1-4-9(2)10-7-5-6-8-11(10)3/h4-8H,1-3H3/q+1. The van der Waals surface area contributed by atoms with E-state index in [1.54, 1.807) is 0 Å². The van der Waals surface area contributed by atoms with Crippen molar-refractivity contribution in [3.8, 4) is 0 Å². The maximum Gasteiger partial charge on any atom is 0.207 e. The van der Waals surface area contributed by atoms with Crippen LogP contribution in [-0.4, -0.2) is 0 Å². The average Bonchev–Trinajstić information content (AvgIpc) is 2.04. The Balaban J connectivity index is 3.14. The third-order valence-electron chi connectivity index (χ3n) is 1.89. The van der Waals surface area contributed by atoms with Gasteiger partial charge in [0.15, 0.2) is 6.20 Å². The maximum atomic E-state index is 2.12. The van der Waals surface area contributed by atoms with Gasteiger partial charge in [-0.1, -0.05) is 6.08 Å². The zero-order chi connectivity index (χ0) is 8.27. The third-order valence-corrected chi connectivity index (χ3v) is 1.89. The molecule has 0 amide bonds. The van der Waals surface area contributed by atoms with Crippen molar-refractivity contribution in [1.82, 2.24) is 0 Å². The van der Waals surface area contributed by atoms with Crippen molar-refractivity contribution >= 4 is 5.57 Å². The van der Waals surface area contributed by atoms with Crippen LogP contribution in [0, 0.1) is 0 Å². The molecule has 1 heterocycles. The number of hydrogen-bond acceptors (Lipinski definition) is 0. The second-order valence-corrected chi connectivity index (χ2v) is 2.67. The molecule has 1 nitrogen and oxygen atoms in total. The normalized spacial score (nSPS) is 11.7. The summed E-state index contributed by atoms with van der Waals surface area (Å²) in [6.45, 7) is 4.18. The molecule has 1 aromatic rings. The molecule has 0 fully saturated rings. The molecule has 1 aromatic heterocycles. The van der Waals surface area contributed by atoms with Gasteiger partial charge in [-0.15, -0.1) is 0 Å². The SMILES string of the molecule is CC=C(C)c1cccc[n+]1C. The predicted octanol–water partition coefficient (Wildman–Crippen LogP) is 1.93. The molecule has 0 saturated heterocycles. The van der Waals surface area contributed by atoms with Crippen LogP contribution >= 0.6 is 0 Å². The summed E-state index contributed by atoms with van der Waals surface area (Å²) >= 11 is 0. The lowest BCUT2D eigenvalue weighted by atomic mass is 10.2. The Morgan fingerprint density at radius 1 is 1.45 bits per heavy atom. The van der Waals surface area contributed by atoms with E-state index in [0.717, 1.165) is 0 Å². The summed E-state index contributed by atoms with van der Waals surface area (Å²) in [5.74, 6) is 0. The lowest BCUT2D eigenvalue weighted by Gasteiger charge is -1.96. The van der Waals surface area contributed by atoms with Crippen molar-refractivity contribution in [3.63, 3.8) is 0 Å². The molecule has 1 rings (SSSR count). The Bertz CT molecular complexity index is 274. The summed E-state index contributed by atoms with van der Waals surface area (Å²) < 4.78 is 2.12. The van der Waals surface area contributed by atoms with Gasteiger partial charge in [-0.3, -0.25) is 0 Å². The first-order chi connectivity index (χ1) is 5.25. The summed E-state index contributed by atoms with van der Waals surface area (Å²) in [6.07, 6.45) is 4.18. The molecule has 1 heteroatoms. The van der Waals surface area contributed by atoms with Crippen LogP contribution < -0.4 is 4.57 Å². The minimum atomic E-state index is 1.27. The summed E-state index contributed by atoms with van der Waals surface area (Å²) in [4.78, 5) is 0. The molecule has 0 spiro atoms. The number of aromatic nitrogens is 1. The van der Waals surface area contributed by atoms with E-state index in [4.69, 9.17) is 0 Å². The van der Waals surface area contributed by atoms with Gasteiger partial charge in [0.05, 0.1) is 0 Å². The Hall–Kier alpha value is -1.11. The van der Waals surface area contributed by atoms with Gasteiger partial charge >= 0.3 is 0 Å². The van der Waals surface area contributed by atoms with Crippen molar-refractivity contribution in [1.29, 1.82) is 0 Å². The fourth-order valence-corrected chi connectivity index (χ4v) is 1.08. The Morgan fingerprint density at radius 3 is 2.73 bits per heavy atom. The first-order valence-electron chi connectivity index (χ1n) is 3.83. The van der Waals surface area contributed by atoms with Crippen LogP contribution in [0.1, 0.15) is 19.5 Å². The van der Waals surface area contributed by atoms with Crippen LogP contribution in [0.4, 0.5) is 0 Å². The molecule has 0 aliphatic rings. The Labute approximate surface area is 68.0 Å². The maximum absolute atomic E-state index is 2.12. The van der Waals surface area contributed by atoms with Crippen molar-refractivity contribution in [2.24, 2.45) is 7.05 Å². The Morgan fingerprint density at radius 2 is 2.18 bits per heavy atom. The lowest BCUT2D eigenvalue weighted by Crippen LogP contribution is -2.31. The van der Waals surface area contributed by atoms with E-state index in [1.165, 1.54) is 11.3 Å². The molecule has 11 heavy (non-hydrogen) atoms. The van der Waals surface area contributed by atoms with E-state index in [2.05, 4.69) is 49.9 Å². The third kappa shape index (κ3) is 1.67. The average molecular weight is 148 g/mol. The van der Waals surface area contributed by atoms with Gasteiger partial charge in [0.25, 0.3) is 0 Å². The topological polar surface area (TPSA) is 3.88 Å². The largest absolute Gasteiger partial charge is 0.207 e. The molecular formula is C10H14N+.